The highest BCUT2D eigenvalue weighted by atomic mass is 32.2. The van der Waals surface area contributed by atoms with Crippen LogP contribution in [0.2, 0.25) is 0 Å². The van der Waals surface area contributed by atoms with Gasteiger partial charge in [-0.2, -0.15) is 4.31 Å². The van der Waals surface area contributed by atoms with E-state index in [9.17, 15) is 28.4 Å². The fraction of sp³-hybridized carbons (Fsp3) is 0.610. The van der Waals surface area contributed by atoms with Crippen molar-refractivity contribution < 1.29 is 37.9 Å². The fourth-order valence-corrected chi connectivity index (χ4v) is 7.55. The zero-order valence-electron chi connectivity index (χ0n) is 35.4. The SMILES string of the molecule is COc1ccc(S(=O)(=O)N(Cc2ccc(C(=O)NCCC(CCNC(C)(C)C(C)=NO)CCNC(C)(C)C(C)=NO)cc2)C(C(=O)OC(C)(C)C)C(C)C)cc1. The van der Waals surface area contributed by atoms with Crippen molar-refractivity contribution in [2.45, 2.75) is 130 Å². The maximum absolute atomic E-state index is 14.2. The monoisotopic (exact) mass is 802 g/mol. The third kappa shape index (κ3) is 14.5. The number of nitrogens with one attached hydrogen (secondary N) is 3. The lowest BCUT2D eigenvalue weighted by Crippen LogP contribution is -2.49. The number of rotatable bonds is 22. The van der Waals surface area contributed by atoms with Crippen molar-refractivity contribution in [3.05, 3.63) is 59.7 Å². The maximum atomic E-state index is 14.2. The molecule has 1 amide bonds. The maximum Gasteiger partial charge on any atom is 0.325 e. The van der Waals surface area contributed by atoms with E-state index in [1.165, 1.54) is 23.5 Å². The van der Waals surface area contributed by atoms with Crippen LogP contribution in [-0.2, 0) is 26.1 Å². The van der Waals surface area contributed by atoms with Gasteiger partial charge in [0.05, 0.1) is 34.5 Å². The van der Waals surface area contributed by atoms with E-state index in [1.54, 1.807) is 84.9 Å². The fourth-order valence-electron chi connectivity index (χ4n) is 5.85. The first-order valence-electron chi connectivity index (χ1n) is 19.1. The summed E-state index contributed by atoms with van der Waals surface area (Å²) in [5, 5.41) is 35.1. The molecule has 0 saturated heterocycles. The average molecular weight is 803 g/mol. The molecule has 5 N–H and O–H groups in total. The largest absolute Gasteiger partial charge is 0.497 e. The molecule has 15 heteroatoms. The zero-order chi connectivity index (χ0) is 42.5. The number of sulfonamides is 1. The number of oxime groups is 2. The highest BCUT2D eigenvalue weighted by Crippen LogP contribution is 2.28. The Bertz CT molecular complexity index is 1700. The summed E-state index contributed by atoms with van der Waals surface area (Å²) in [6.45, 7) is 21.7. The number of methoxy groups -OCH3 is 1. The second-order valence-electron chi connectivity index (χ2n) is 16.6. The third-order valence-corrected chi connectivity index (χ3v) is 11.8. The van der Waals surface area contributed by atoms with Crippen LogP contribution in [0.15, 0.2) is 63.7 Å². The van der Waals surface area contributed by atoms with E-state index >= 15 is 0 Å². The van der Waals surface area contributed by atoms with Gasteiger partial charge in [-0.25, -0.2) is 8.42 Å². The molecular weight excluding hydrogens is 737 g/mol. The molecule has 0 bridgehead atoms. The number of esters is 1. The van der Waals surface area contributed by atoms with E-state index in [4.69, 9.17) is 9.47 Å². The number of ether oxygens (including phenoxy) is 2. The van der Waals surface area contributed by atoms with Crippen LogP contribution in [0, 0.1) is 11.8 Å². The summed E-state index contributed by atoms with van der Waals surface area (Å²) < 4.78 is 40.5. The molecule has 0 aliphatic heterocycles. The summed E-state index contributed by atoms with van der Waals surface area (Å²) in [4.78, 5) is 26.8. The number of nitrogens with zero attached hydrogens (tertiary/aromatic N) is 3. The molecule has 2 aromatic carbocycles. The van der Waals surface area contributed by atoms with Gasteiger partial charge in [0.2, 0.25) is 10.0 Å². The summed E-state index contributed by atoms with van der Waals surface area (Å²) in [5.74, 6) is -0.627. The Balaban J connectivity index is 2.24. The number of carbonyl (C=O) groups is 2. The second-order valence-corrected chi connectivity index (χ2v) is 18.5. The van der Waals surface area contributed by atoms with Crippen molar-refractivity contribution >= 4 is 33.3 Å². The number of amides is 1. The topological polar surface area (TPSA) is 191 Å². The van der Waals surface area contributed by atoms with Crippen molar-refractivity contribution in [2.24, 2.45) is 22.1 Å². The van der Waals surface area contributed by atoms with Crippen molar-refractivity contribution in [2.75, 3.05) is 26.7 Å². The minimum Gasteiger partial charge on any atom is -0.497 e. The molecule has 0 radical (unpaired) electrons. The molecule has 0 heterocycles. The number of hydrogen-bond donors (Lipinski definition) is 5. The molecule has 0 aliphatic carbocycles. The van der Waals surface area contributed by atoms with Crippen LogP contribution >= 0.6 is 0 Å². The molecule has 0 saturated carbocycles. The molecule has 0 aromatic heterocycles. The highest BCUT2D eigenvalue weighted by molar-refractivity contribution is 7.89. The van der Waals surface area contributed by atoms with E-state index < -0.39 is 44.6 Å². The summed E-state index contributed by atoms with van der Waals surface area (Å²) in [7, 11) is -2.71. The minimum atomic E-state index is -4.20. The van der Waals surface area contributed by atoms with Crippen LogP contribution in [0.3, 0.4) is 0 Å². The Labute approximate surface area is 334 Å². The van der Waals surface area contributed by atoms with Crippen LogP contribution in [0.25, 0.3) is 0 Å². The van der Waals surface area contributed by atoms with Crippen molar-refractivity contribution in [1.82, 2.24) is 20.3 Å². The Hall–Kier alpha value is -4.05. The Kier molecular flexibility index (Phi) is 18.0. The van der Waals surface area contributed by atoms with Crippen molar-refractivity contribution in [1.29, 1.82) is 0 Å². The van der Waals surface area contributed by atoms with Crippen molar-refractivity contribution in [3.63, 3.8) is 0 Å². The van der Waals surface area contributed by atoms with E-state index in [-0.39, 0.29) is 23.3 Å². The van der Waals surface area contributed by atoms with Gasteiger partial charge in [-0.05, 0) is 148 Å². The van der Waals surface area contributed by atoms with Crippen LogP contribution in [-0.4, -0.2) is 95.9 Å². The lowest BCUT2D eigenvalue weighted by molar-refractivity contribution is -0.161. The second kappa shape index (κ2) is 20.9. The molecule has 1 unspecified atom stereocenters. The van der Waals surface area contributed by atoms with Crippen LogP contribution < -0.4 is 20.7 Å². The van der Waals surface area contributed by atoms with Crippen molar-refractivity contribution in [3.8, 4) is 5.75 Å². The predicted molar refractivity (Wildman–Crippen MR) is 220 cm³/mol. The standard InChI is InChI=1S/C41H66N6O8S/c1-28(2)36(38(49)55-39(5,6)7)47(56(52,53)35-19-17-34(54-12)18-20-35)27-32-13-15-33(16-14-32)37(48)42-24-21-31(22-25-43-40(8,9)29(3)45-50)23-26-44-41(10,11)30(4)46-51/h13-20,28,31,36,43-44,50-51H,21-27H2,1-12H3,(H,42,48). The van der Waals surface area contributed by atoms with Gasteiger partial charge in [-0.1, -0.05) is 36.3 Å². The van der Waals surface area contributed by atoms with Gasteiger partial charge in [0.15, 0.2) is 0 Å². The Morgan fingerprint density at radius 3 is 1.70 bits per heavy atom. The van der Waals surface area contributed by atoms with E-state index in [0.29, 0.717) is 54.4 Å². The van der Waals surface area contributed by atoms with Crippen LogP contribution in [0.1, 0.15) is 111 Å². The van der Waals surface area contributed by atoms with Gasteiger partial charge < -0.3 is 35.8 Å². The van der Waals surface area contributed by atoms with Gasteiger partial charge in [-0.3, -0.25) is 9.59 Å². The van der Waals surface area contributed by atoms with Crippen LogP contribution in [0.5, 0.6) is 5.75 Å². The smallest absolute Gasteiger partial charge is 0.325 e. The number of carbonyl (C=O) groups excluding carboxylic acids is 2. The van der Waals surface area contributed by atoms with Crippen LogP contribution in [0.4, 0.5) is 0 Å². The highest BCUT2D eigenvalue weighted by Gasteiger charge is 2.40. The van der Waals surface area contributed by atoms with Gasteiger partial charge >= 0.3 is 5.97 Å². The lowest BCUT2D eigenvalue weighted by atomic mass is 9.94. The minimum absolute atomic E-state index is 0.00374. The molecule has 0 aliphatic rings. The Morgan fingerprint density at radius 2 is 1.27 bits per heavy atom. The molecule has 1 atom stereocenters. The van der Waals surface area contributed by atoms with Gasteiger partial charge in [0.25, 0.3) is 5.91 Å². The molecule has 14 nitrogen and oxygen atoms in total. The van der Waals surface area contributed by atoms with E-state index in [1.807, 2.05) is 27.7 Å². The molecule has 0 spiro atoms. The number of hydrogen-bond acceptors (Lipinski definition) is 12. The first-order valence-corrected chi connectivity index (χ1v) is 20.6. The molecule has 2 aromatic rings. The molecular formula is C41H66N6O8S. The normalized spacial score (nSPS) is 14.5. The summed E-state index contributed by atoms with van der Waals surface area (Å²) in [5.41, 5.74) is 0.328. The summed E-state index contributed by atoms with van der Waals surface area (Å²) in [6, 6.07) is 11.5. The molecule has 314 valence electrons. The van der Waals surface area contributed by atoms with Gasteiger partial charge in [0.1, 0.15) is 17.4 Å². The van der Waals surface area contributed by atoms with Gasteiger partial charge in [0, 0.05) is 18.7 Å². The first-order chi connectivity index (χ1) is 26.0. The third-order valence-electron chi connectivity index (χ3n) is 10.00. The average Bonchev–Trinajstić information content (AvgIpc) is 3.12. The summed E-state index contributed by atoms with van der Waals surface area (Å²) >= 11 is 0. The first kappa shape index (κ1) is 48.1. The Morgan fingerprint density at radius 1 is 0.786 bits per heavy atom. The lowest BCUT2D eigenvalue weighted by Gasteiger charge is -2.34. The molecule has 0 fully saturated rings. The quantitative estimate of drug-likeness (QED) is 0.0396. The van der Waals surface area contributed by atoms with E-state index in [2.05, 4.69) is 26.3 Å². The summed E-state index contributed by atoms with van der Waals surface area (Å²) in [6.07, 6.45) is 2.31. The molecule has 2 rings (SSSR count). The number of benzene rings is 2. The molecule has 56 heavy (non-hydrogen) atoms. The van der Waals surface area contributed by atoms with E-state index in [0.717, 1.165) is 12.8 Å². The van der Waals surface area contributed by atoms with Gasteiger partial charge in [-0.15, -0.1) is 0 Å². The zero-order valence-corrected chi connectivity index (χ0v) is 36.2. The predicted octanol–water partition coefficient (Wildman–Crippen LogP) is 6.21.